The summed E-state index contributed by atoms with van der Waals surface area (Å²) in [7, 11) is 2.28. The van der Waals surface area contributed by atoms with E-state index in [1.54, 1.807) is 6.08 Å². The molecule has 1 heterocycles. The first-order valence-corrected chi connectivity index (χ1v) is 5.79. The number of hydrogen-bond acceptors (Lipinski definition) is 2. The van der Waals surface area contributed by atoms with Crippen molar-refractivity contribution in [3.63, 3.8) is 0 Å². The summed E-state index contributed by atoms with van der Waals surface area (Å²) < 4.78 is 6.03. The van der Waals surface area contributed by atoms with E-state index in [-0.39, 0.29) is 5.97 Å². The van der Waals surface area contributed by atoms with Crippen LogP contribution in [0.15, 0.2) is 11.6 Å². The third-order valence-electron chi connectivity index (χ3n) is 3.32. The monoisotopic (exact) mass is 212 g/mol. The smallest absolute Gasteiger partial charge is 0.330 e. The first-order chi connectivity index (χ1) is 7.09. The highest BCUT2D eigenvalue weighted by Crippen LogP contribution is 2.20. The average Bonchev–Trinajstić information content (AvgIpc) is 2.22. The minimum Gasteiger partial charge on any atom is -0.463 e. The van der Waals surface area contributed by atoms with E-state index in [1.807, 2.05) is 6.92 Å². The SMILES string of the molecule is CCOC(=O)C=C1CC[N+](C)(CC)CC1. The van der Waals surface area contributed by atoms with Gasteiger partial charge in [0.1, 0.15) is 0 Å². The van der Waals surface area contributed by atoms with Gasteiger partial charge in [-0.3, -0.25) is 0 Å². The molecule has 1 aliphatic rings. The fourth-order valence-corrected chi connectivity index (χ4v) is 1.88. The van der Waals surface area contributed by atoms with Gasteiger partial charge in [0.2, 0.25) is 0 Å². The standard InChI is InChI=1S/C12H22NO2/c1-4-13(3)8-6-11(7-9-13)10-12(14)15-5-2/h10H,4-9H2,1-3H3/q+1. The van der Waals surface area contributed by atoms with E-state index in [9.17, 15) is 4.79 Å². The van der Waals surface area contributed by atoms with Crippen LogP contribution in [0.4, 0.5) is 0 Å². The molecule has 1 saturated heterocycles. The highest BCUT2D eigenvalue weighted by Gasteiger charge is 2.25. The molecule has 1 aliphatic heterocycles. The van der Waals surface area contributed by atoms with Gasteiger partial charge in [-0.05, 0) is 13.8 Å². The van der Waals surface area contributed by atoms with Crippen molar-refractivity contribution in [2.75, 3.05) is 33.3 Å². The van der Waals surface area contributed by atoms with Crippen LogP contribution in [0.2, 0.25) is 0 Å². The van der Waals surface area contributed by atoms with Crippen molar-refractivity contribution in [1.82, 2.24) is 0 Å². The molecule has 0 atom stereocenters. The number of ether oxygens (including phenoxy) is 1. The highest BCUT2D eigenvalue weighted by atomic mass is 16.5. The molecule has 0 radical (unpaired) electrons. The molecular weight excluding hydrogens is 190 g/mol. The molecule has 1 fully saturated rings. The van der Waals surface area contributed by atoms with Crippen molar-refractivity contribution < 1.29 is 14.0 Å². The number of esters is 1. The van der Waals surface area contributed by atoms with E-state index < -0.39 is 0 Å². The first-order valence-electron chi connectivity index (χ1n) is 5.79. The summed E-state index contributed by atoms with van der Waals surface area (Å²) in [6.45, 7) is 7.98. The lowest BCUT2D eigenvalue weighted by Crippen LogP contribution is -2.48. The second-order valence-electron chi connectivity index (χ2n) is 4.44. The molecule has 0 spiro atoms. The Morgan fingerprint density at radius 2 is 2.00 bits per heavy atom. The lowest BCUT2D eigenvalue weighted by molar-refractivity contribution is -0.910. The normalized spacial score (nSPS) is 26.2. The third kappa shape index (κ3) is 3.67. The zero-order valence-electron chi connectivity index (χ0n) is 10.1. The third-order valence-corrected chi connectivity index (χ3v) is 3.32. The Balaban J connectivity index is 2.46. The second kappa shape index (κ2) is 5.31. The number of carbonyl (C=O) groups is 1. The minimum absolute atomic E-state index is 0.180. The zero-order valence-corrected chi connectivity index (χ0v) is 10.1. The summed E-state index contributed by atoms with van der Waals surface area (Å²) in [5.74, 6) is -0.180. The number of hydrogen-bond donors (Lipinski definition) is 0. The molecule has 0 bridgehead atoms. The van der Waals surface area contributed by atoms with E-state index in [2.05, 4.69) is 14.0 Å². The van der Waals surface area contributed by atoms with Crippen LogP contribution in [0.5, 0.6) is 0 Å². The maximum Gasteiger partial charge on any atom is 0.330 e. The molecule has 1 rings (SSSR count). The molecule has 0 aromatic heterocycles. The van der Waals surface area contributed by atoms with Gasteiger partial charge in [0.05, 0.1) is 33.3 Å². The van der Waals surface area contributed by atoms with E-state index in [0.717, 1.165) is 30.4 Å². The van der Waals surface area contributed by atoms with E-state index in [1.165, 1.54) is 12.1 Å². The molecule has 0 aromatic carbocycles. The number of rotatable bonds is 3. The van der Waals surface area contributed by atoms with Crippen LogP contribution in [0, 0.1) is 0 Å². The lowest BCUT2D eigenvalue weighted by atomic mass is 10.0. The van der Waals surface area contributed by atoms with Gasteiger partial charge in [-0.15, -0.1) is 0 Å². The quantitative estimate of drug-likeness (QED) is 0.404. The van der Waals surface area contributed by atoms with E-state index >= 15 is 0 Å². The average molecular weight is 212 g/mol. The molecular formula is C12H22NO2+. The van der Waals surface area contributed by atoms with Crippen molar-refractivity contribution in [3.8, 4) is 0 Å². The van der Waals surface area contributed by atoms with Crippen LogP contribution < -0.4 is 0 Å². The fraction of sp³-hybridized carbons (Fsp3) is 0.750. The molecule has 3 heteroatoms. The summed E-state index contributed by atoms with van der Waals surface area (Å²) >= 11 is 0. The molecule has 3 nitrogen and oxygen atoms in total. The summed E-state index contributed by atoms with van der Waals surface area (Å²) in [5.41, 5.74) is 1.25. The van der Waals surface area contributed by atoms with Gasteiger partial charge in [0, 0.05) is 18.9 Å². The van der Waals surface area contributed by atoms with Gasteiger partial charge >= 0.3 is 5.97 Å². The lowest BCUT2D eigenvalue weighted by Gasteiger charge is -2.37. The number of nitrogens with zero attached hydrogens (tertiary/aromatic N) is 1. The zero-order chi connectivity index (χ0) is 11.3. The van der Waals surface area contributed by atoms with Crippen LogP contribution in [-0.2, 0) is 9.53 Å². The van der Waals surface area contributed by atoms with Gasteiger partial charge in [-0.25, -0.2) is 4.79 Å². The van der Waals surface area contributed by atoms with Crippen LogP contribution >= 0.6 is 0 Å². The minimum atomic E-state index is -0.180. The second-order valence-corrected chi connectivity index (χ2v) is 4.44. The van der Waals surface area contributed by atoms with E-state index in [0.29, 0.717) is 6.61 Å². The Labute approximate surface area is 92.3 Å². The molecule has 0 amide bonds. The topological polar surface area (TPSA) is 26.3 Å². The predicted octanol–water partition coefficient (Wildman–Crippen LogP) is 1.74. The Morgan fingerprint density at radius 1 is 1.40 bits per heavy atom. The summed E-state index contributed by atoms with van der Waals surface area (Å²) in [6, 6.07) is 0. The molecule has 0 saturated carbocycles. The summed E-state index contributed by atoms with van der Waals surface area (Å²) in [6.07, 6.45) is 3.75. The van der Waals surface area contributed by atoms with Gasteiger partial charge < -0.3 is 9.22 Å². The maximum absolute atomic E-state index is 11.2. The summed E-state index contributed by atoms with van der Waals surface area (Å²) in [4.78, 5) is 11.2. The Kier molecular flexibility index (Phi) is 4.33. The van der Waals surface area contributed by atoms with Gasteiger partial charge in [0.15, 0.2) is 0 Å². The number of carbonyl (C=O) groups excluding carboxylic acids is 1. The van der Waals surface area contributed by atoms with Gasteiger partial charge in [-0.1, -0.05) is 5.57 Å². The number of likely N-dealkylation sites (tertiary alicyclic amines) is 1. The number of quaternary nitrogens is 1. The molecule has 0 unspecified atom stereocenters. The Morgan fingerprint density at radius 3 is 2.47 bits per heavy atom. The van der Waals surface area contributed by atoms with Crippen LogP contribution in [0.3, 0.4) is 0 Å². The van der Waals surface area contributed by atoms with Crippen molar-refractivity contribution in [2.45, 2.75) is 26.7 Å². The van der Waals surface area contributed by atoms with Gasteiger partial charge in [0.25, 0.3) is 0 Å². The Hall–Kier alpha value is -0.830. The molecule has 86 valence electrons. The van der Waals surface area contributed by atoms with Crippen molar-refractivity contribution in [2.24, 2.45) is 0 Å². The molecule has 0 N–H and O–H groups in total. The van der Waals surface area contributed by atoms with E-state index in [4.69, 9.17) is 4.74 Å². The predicted molar refractivity (Wildman–Crippen MR) is 60.4 cm³/mol. The molecule has 0 aliphatic carbocycles. The first kappa shape index (κ1) is 12.2. The van der Waals surface area contributed by atoms with Gasteiger partial charge in [-0.2, -0.15) is 0 Å². The molecule has 0 aromatic rings. The summed E-state index contributed by atoms with van der Waals surface area (Å²) in [5, 5.41) is 0. The van der Waals surface area contributed by atoms with Crippen LogP contribution in [0.25, 0.3) is 0 Å². The van der Waals surface area contributed by atoms with Crippen LogP contribution in [0.1, 0.15) is 26.7 Å². The number of piperidine rings is 1. The van der Waals surface area contributed by atoms with Crippen molar-refractivity contribution in [1.29, 1.82) is 0 Å². The largest absolute Gasteiger partial charge is 0.463 e. The molecule has 15 heavy (non-hydrogen) atoms. The highest BCUT2D eigenvalue weighted by molar-refractivity contribution is 5.82. The Bertz CT molecular complexity index is 248. The van der Waals surface area contributed by atoms with Crippen molar-refractivity contribution in [3.05, 3.63) is 11.6 Å². The van der Waals surface area contributed by atoms with Crippen LogP contribution in [-0.4, -0.2) is 43.7 Å². The van der Waals surface area contributed by atoms with Crippen molar-refractivity contribution >= 4 is 5.97 Å². The maximum atomic E-state index is 11.2. The fourth-order valence-electron chi connectivity index (χ4n) is 1.88.